The number of tetrazole rings is 1. The smallest absolute Gasteiger partial charge is 0.253 e. The van der Waals surface area contributed by atoms with Gasteiger partial charge < -0.3 is 5.32 Å². The molecule has 0 aliphatic carbocycles. The first kappa shape index (κ1) is 13.7. The summed E-state index contributed by atoms with van der Waals surface area (Å²) in [7, 11) is 0. The largest absolute Gasteiger partial charge is 0.342 e. The van der Waals surface area contributed by atoms with Gasteiger partial charge in [-0.1, -0.05) is 30.7 Å². The molecule has 0 radical (unpaired) electrons. The van der Waals surface area contributed by atoms with Gasteiger partial charge in [-0.05, 0) is 34.5 Å². The minimum Gasteiger partial charge on any atom is -0.342 e. The van der Waals surface area contributed by atoms with Crippen LogP contribution < -0.4 is 5.32 Å². The van der Waals surface area contributed by atoms with Gasteiger partial charge >= 0.3 is 0 Å². The van der Waals surface area contributed by atoms with Gasteiger partial charge in [0.2, 0.25) is 0 Å². The van der Waals surface area contributed by atoms with Crippen molar-refractivity contribution in [2.45, 2.75) is 25.8 Å². The maximum absolute atomic E-state index is 12.2. The molecule has 19 heavy (non-hydrogen) atoms. The molecule has 2 N–H and O–H groups in total. The standard InChI is InChI=1S/C12H14BrN5O/c1-2-5-10(11-15-17-18-16-11)14-12(19)8-6-3-4-7-9(8)13/h3-4,6-7,10H,2,5H2,1H3,(H,14,19)(H,15,16,17,18)/t10-/m1/s1. The van der Waals surface area contributed by atoms with Crippen LogP contribution in [0.5, 0.6) is 0 Å². The van der Waals surface area contributed by atoms with Crippen LogP contribution in [0.2, 0.25) is 0 Å². The molecular weight excluding hydrogens is 310 g/mol. The highest BCUT2D eigenvalue weighted by Gasteiger charge is 2.19. The van der Waals surface area contributed by atoms with E-state index in [1.54, 1.807) is 6.07 Å². The highest BCUT2D eigenvalue weighted by atomic mass is 79.9. The van der Waals surface area contributed by atoms with Crippen molar-refractivity contribution in [3.8, 4) is 0 Å². The summed E-state index contributed by atoms with van der Waals surface area (Å²) in [5.74, 6) is 0.345. The normalized spacial score (nSPS) is 12.1. The van der Waals surface area contributed by atoms with Crippen LogP contribution in [0.1, 0.15) is 42.0 Å². The Morgan fingerprint density at radius 3 is 2.89 bits per heavy atom. The van der Waals surface area contributed by atoms with E-state index < -0.39 is 0 Å². The van der Waals surface area contributed by atoms with E-state index in [1.165, 1.54) is 0 Å². The number of hydrogen-bond acceptors (Lipinski definition) is 4. The zero-order valence-electron chi connectivity index (χ0n) is 10.4. The average Bonchev–Trinajstić information content (AvgIpc) is 2.92. The number of hydrogen-bond donors (Lipinski definition) is 2. The molecule has 1 atom stereocenters. The summed E-state index contributed by atoms with van der Waals surface area (Å²) in [6, 6.07) is 7.05. The lowest BCUT2D eigenvalue weighted by Crippen LogP contribution is -2.29. The third kappa shape index (κ3) is 3.37. The summed E-state index contributed by atoms with van der Waals surface area (Å²) in [6.07, 6.45) is 1.67. The summed E-state index contributed by atoms with van der Waals surface area (Å²) in [5.41, 5.74) is 0.590. The molecule has 1 aromatic carbocycles. The molecule has 2 aromatic rings. The first-order valence-corrected chi connectivity index (χ1v) is 6.80. The van der Waals surface area contributed by atoms with Gasteiger partial charge in [-0.3, -0.25) is 4.79 Å². The van der Waals surface area contributed by atoms with Crippen LogP contribution in [0.25, 0.3) is 0 Å². The zero-order valence-corrected chi connectivity index (χ0v) is 12.0. The molecule has 100 valence electrons. The summed E-state index contributed by atoms with van der Waals surface area (Å²) in [4.78, 5) is 12.2. The molecule has 1 aromatic heterocycles. The SMILES string of the molecule is CCC[C@@H](NC(=O)c1ccccc1Br)c1nn[nH]n1. The molecule has 0 bridgehead atoms. The fraction of sp³-hybridized carbons (Fsp3) is 0.333. The molecule has 2 rings (SSSR count). The Morgan fingerprint density at radius 2 is 2.26 bits per heavy atom. The number of nitrogens with zero attached hydrogens (tertiary/aromatic N) is 3. The Balaban J connectivity index is 2.14. The molecule has 0 spiro atoms. The summed E-state index contributed by atoms with van der Waals surface area (Å²) >= 11 is 3.36. The van der Waals surface area contributed by atoms with Crippen molar-refractivity contribution < 1.29 is 4.79 Å². The Labute approximate surface area is 119 Å². The van der Waals surface area contributed by atoms with E-state index in [9.17, 15) is 4.79 Å². The molecular formula is C12H14BrN5O. The molecule has 0 saturated heterocycles. The number of H-pyrrole nitrogens is 1. The first-order chi connectivity index (χ1) is 9.22. The number of benzene rings is 1. The Morgan fingerprint density at radius 1 is 1.47 bits per heavy atom. The number of aromatic nitrogens is 4. The fourth-order valence-corrected chi connectivity index (χ4v) is 2.22. The third-order valence-electron chi connectivity index (χ3n) is 2.67. The maximum Gasteiger partial charge on any atom is 0.253 e. The molecule has 1 heterocycles. The fourth-order valence-electron chi connectivity index (χ4n) is 1.75. The number of carbonyl (C=O) groups excluding carboxylic acids is 1. The molecule has 1 amide bonds. The highest BCUT2D eigenvalue weighted by Crippen LogP contribution is 2.18. The summed E-state index contributed by atoms with van der Waals surface area (Å²) in [5, 5.41) is 16.7. The van der Waals surface area contributed by atoms with Crippen LogP contribution in [-0.2, 0) is 0 Å². The van der Waals surface area contributed by atoms with Gasteiger partial charge in [0.15, 0.2) is 5.82 Å². The summed E-state index contributed by atoms with van der Waals surface area (Å²) < 4.78 is 0.760. The maximum atomic E-state index is 12.2. The molecule has 0 saturated carbocycles. The van der Waals surface area contributed by atoms with Crippen molar-refractivity contribution in [3.63, 3.8) is 0 Å². The van der Waals surface area contributed by atoms with E-state index in [-0.39, 0.29) is 11.9 Å². The predicted molar refractivity (Wildman–Crippen MR) is 73.4 cm³/mol. The molecule has 6 nitrogen and oxygen atoms in total. The van der Waals surface area contributed by atoms with E-state index in [2.05, 4.69) is 41.9 Å². The van der Waals surface area contributed by atoms with Crippen LogP contribution >= 0.6 is 15.9 Å². The van der Waals surface area contributed by atoms with Gasteiger partial charge in [-0.15, -0.1) is 10.2 Å². The number of amides is 1. The van der Waals surface area contributed by atoms with E-state index in [0.717, 1.165) is 17.3 Å². The van der Waals surface area contributed by atoms with Gasteiger partial charge in [0.05, 0.1) is 11.6 Å². The zero-order chi connectivity index (χ0) is 13.7. The number of halogens is 1. The van der Waals surface area contributed by atoms with Crippen molar-refractivity contribution in [2.75, 3.05) is 0 Å². The number of rotatable bonds is 5. The topological polar surface area (TPSA) is 83.6 Å². The van der Waals surface area contributed by atoms with Crippen molar-refractivity contribution in [1.29, 1.82) is 0 Å². The molecule has 0 aliphatic rings. The van der Waals surface area contributed by atoms with Crippen molar-refractivity contribution in [1.82, 2.24) is 25.9 Å². The van der Waals surface area contributed by atoms with E-state index in [4.69, 9.17) is 0 Å². The second-order valence-electron chi connectivity index (χ2n) is 4.06. The third-order valence-corrected chi connectivity index (χ3v) is 3.37. The van der Waals surface area contributed by atoms with Gasteiger partial charge in [0.25, 0.3) is 5.91 Å². The van der Waals surface area contributed by atoms with Gasteiger partial charge in [-0.25, -0.2) is 0 Å². The van der Waals surface area contributed by atoms with Crippen LogP contribution in [0.3, 0.4) is 0 Å². The van der Waals surface area contributed by atoms with Gasteiger partial charge in [0, 0.05) is 4.47 Å². The van der Waals surface area contributed by atoms with Crippen LogP contribution in [0, 0.1) is 0 Å². The molecule has 0 fully saturated rings. The van der Waals surface area contributed by atoms with Crippen molar-refractivity contribution in [3.05, 3.63) is 40.1 Å². The second kappa shape index (κ2) is 6.42. The van der Waals surface area contributed by atoms with E-state index in [1.807, 2.05) is 25.1 Å². The molecule has 0 aliphatic heterocycles. The quantitative estimate of drug-likeness (QED) is 0.883. The van der Waals surface area contributed by atoms with Crippen molar-refractivity contribution in [2.24, 2.45) is 0 Å². The van der Waals surface area contributed by atoms with Crippen LogP contribution in [0.15, 0.2) is 28.7 Å². The Hall–Kier alpha value is -1.76. The summed E-state index contributed by atoms with van der Waals surface area (Å²) in [6.45, 7) is 2.04. The lowest BCUT2D eigenvalue weighted by molar-refractivity contribution is 0.0932. The average molecular weight is 324 g/mol. The predicted octanol–water partition coefficient (Wildman–Crippen LogP) is 2.23. The number of carbonyl (C=O) groups is 1. The minimum atomic E-state index is -0.233. The minimum absolute atomic E-state index is 0.157. The van der Waals surface area contributed by atoms with Crippen LogP contribution in [-0.4, -0.2) is 26.5 Å². The Bertz CT molecular complexity index is 543. The monoisotopic (exact) mass is 323 g/mol. The van der Waals surface area contributed by atoms with E-state index in [0.29, 0.717) is 11.4 Å². The Kier molecular flexibility index (Phi) is 4.62. The van der Waals surface area contributed by atoms with Gasteiger partial charge in [0.1, 0.15) is 0 Å². The lowest BCUT2D eigenvalue weighted by atomic mass is 10.1. The van der Waals surface area contributed by atoms with Crippen LogP contribution in [0.4, 0.5) is 0 Å². The molecule has 0 unspecified atom stereocenters. The second-order valence-corrected chi connectivity index (χ2v) is 4.92. The van der Waals surface area contributed by atoms with Gasteiger partial charge in [-0.2, -0.15) is 5.21 Å². The number of aromatic amines is 1. The highest BCUT2D eigenvalue weighted by molar-refractivity contribution is 9.10. The lowest BCUT2D eigenvalue weighted by Gasteiger charge is -2.14. The molecule has 7 heteroatoms. The van der Waals surface area contributed by atoms with E-state index >= 15 is 0 Å². The first-order valence-electron chi connectivity index (χ1n) is 6.01. The van der Waals surface area contributed by atoms with Crippen molar-refractivity contribution >= 4 is 21.8 Å². The number of nitrogens with one attached hydrogen (secondary N) is 2.